The summed E-state index contributed by atoms with van der Waals surface area (Å²) >= 11 is 0. The molecule has 0 aromatic heterocycles. The highest BCUT2D eigenvalue weighted by Gasteiger charge is 2.15. The number of hydrogen-bond donors (Lipinski definition) is 2. The summed E-state index contributed by atoms with van der Waals surface area (Å²) in [5, 5.41) is 0. The highest BCUT2D eigenvalue weighted by atomic mass is 14.7. The van der Waals surface area contributed by atoms with Gasteiger partial charge in [0, 0.05) is 12.6 Å². The van der Waals surface area contributed by atoms with Crippen LogP contribution in [0.5, 0.6) is 0 Å². The van der Waals surface area contributed by atoms with Crippen molar-refractivity contribution in [2.45, 2.75) is 44.1 Å². The molecule has 16 heavy (non-hydrogen) atoms. The molecule has 1 aliphatic carbocycles. The Morgan fingerprint density at radius 3 is 2.25 bits per heavy atom. The molecule has 0 heterocycles. The molecule has 1 fully saturated rings. The highest BCUT2D eigenvalue weighted by molar-refractivity contribution is 5.27. The first kappa shape index (κ1) is 11.6. The molecule has 1 unspecified atom stereocenters. The van der Waals surface area contributed by atoms with Crippen molar-refractivity contribution in [3.05, 3.63) is 35.4 Å². The Bertz CT molecular complexity index is 312. The summed E-state index contributed by atoms with van der Waals surface area (Å²) in [7, 11) is 0. The maximum absolute atomic E-state index is 5.90. The Balaban J connectivity index is 2.06. The van der Waals surface area contributed by atoms with E-state index in [0.29, 0.717) is 6.54 Å². The van der Waals surface area contributed by atoms with Gasteiger partial charge in [-0.15, -0.1) is 0 Å². The second-order valence-corrected chi connectivity index (χ2v) is 4.84. The van der Waals surface area contributed by atoms with Gasteiger partial charge in [-0.2, -0.15) is 0 Å². The first-order valence-electron chi connectivity index (χ1n) is 6.37. The SMILES string of the molecule is NCC(N)c1ccc(C2CCCCC2)cc1. The first-order valence-corrected chi connectivity index (χ1v) is 6.37. The summed E-state index contributed by atoms with van der Waals surface area (Å²) in [6.45, 7) is 0.517. The molecular weight excluding hydrogens is 196 g/mol. The molecule has 0 spiro atoms. The van der Waals surface area contributed by atoms with E-state index < -0.39 is 0 Å². The summed E-state index contributed by atoms with van der Waals surface area (Å²) in [4.78, 5) is 0. The predicted octanol–water partition coefficient (Wildman–Crippen LogP) is 2.69. The molecule has 0 aliphatic heterocycles. The monoisotopic (exact) mass is 218 g/mol. The van der Waals surface area contributed by atoms with Gasteiger partial charge in [-0.1, -0.05) is 43.5 Å². The zero-order valence-electron chi connectivity index (χ0n) is 9.86. The van der Waals surface area contributed by atoms with Crippen LogP contribution in [-0.4, -0.2) is 6.54 Å². The van der Waals surface area contributed by atoms with Crippen LogP contribution in [0.25, 0.3) is 0 Å². The van der Waals surface area contributed by atoms with Gasteiger partial charge in [0.25, 0.3) is 0 Å². The lowest BCUT2D eigenvalue weighted by Crippen LogP contribution is -2.20. The molecule has 0 amide bonds. The second kappa shape index (κ2) is 5.46. The zero-order valence-corrected chi connectivity index (χ0v) is 9.86. The minimum absolute atomic E-state index is 0.0135. The van der Waals surface area contributed by atoms with Gasteiger partial charge in [0.05, 0.1) is 0 Å². The molecule has 0 radical (unpaired) electrons. The van der Waals surface area contributed by atoms with Crippen molar-refractivity contribution < 1.29 is 0 Å². The average molecular weight is 218 g/mol. The van der Waals surface area contributed by atoms with Gasteiger partial charge in [0.15, 0.2) is 0 Å². The molecule has 1 aromatic carbocycles. The fourth-order valence-electron chi connectivity index (χ4n) is 2.59. The lowest BCUT2D eigenvalue weighted by molar-refractivity contribution is 0.443. The minimum Gasteiger partial charge on any atom is -0.329 e. The van der Waals surface area contributed by atoms with Crippen molar-refractivity contribution >= 4 is 0 Å². The maximum Gasteiger partial charge on any atom is 0.0419 e. The first-order chi connectivity index (χ1) is 7.81. The van der Waals surface area contributed by atoms with Crippen molar-refractivity contribution in [2.75, 3.05) is 6.54 Å². The quantitative estimate of drug-likeness (QED) is 0.819. The summed E-state index contributed by atoms with van der Waals surface area (Å²) in [5.74, 6) is 0.775. The second-order valence-electron chi connectivity index (χ2n) is 4.84. The van der Waals surface area contributed by atoms with Crippen LogP contribution in [0.4, 0.5) is 0 Å². The van der Waals surface area contributed by atoms with Gasteiger partial charge in [0.2, 0.25) is 0 Å². The maximum atomic E-state index is 5.90. The van der Waals surface area contributed by atoms with E-state index in [1.807, 2.05) is 0 Å². The fraction of sp³-hybridized carbons (Fsp3) is 0.571. The van der Waals surface area contributed by atoms with Crippen LogP contribution < -0.4 is 11.5 Å². The van der Waals surface area contributed by atoms with Crippen LogP contribution in [0.3, 0.4) is 0 Å². The van der Waals surface area contributed by atoms with Crippen LogP contribution in [0, 0.1) is 0 Å². The number of hydrogen-bond acceptors (Lipinski definition) is 2. The van der Waals surface area contributed by atoms with E-state index in [9.17, 15) is 0 Å². The lowest BCUT2D eigenvalue weighted by Gasteiger charge is -2.22. The van der Waals surface area contributed by atoms with Gasteiger partial charge in [-0.05, 0) is 29.9 Å². The molecule has 0 saturated heterocycles. The van der Waals surface area contributed by atoms with Crippen molar-refractivity contribution in [3.63, 3.8) is 0 Å². The third-order valence-electron chi connectivity index (χ3n) is 3.70. The molecule has 4 N–H and O–H groups in total. The summed E-state index contributed by atoms with van der Waals surface area (Å²) in [5.41, 5.74) is 14.1. The molecule has 1 aromatic rings. The van der Waals surface area contributed by atoms with Gasteiger partial charge < -0.3 is 11.5 Å². The largest absolute Gasteiger partial charge is 0.329 e. The Morgan fingerprint density at radius 1 is 1.06 bits per heavy atom. The standard InChI is InChI=1S/C14H22N2/c15-10-14(16)13-8-6-12(7-9-13)11-4-2-1-3-5-11/h6-9,11,14H,1-5,10,15-16H2. The van der Waals surface area contributed by atoms with Crippen LogP contribution in [-0.2, 0) is 0 Å². The summed E-state index contributed by atoms with van der Waals surface area (Å²) in [6, 6.07) is 8.74. The van der Waals surface area contributed by atoms with Crippen molar-refractivity contribution in [3.8, 4) is 0 Å². The third-order valence-corrected chi connectivity index (χ3v) is 3.70. The zero-order chi connectivity index (χ0) is 11.4. The predicted molar refractivity (Wildman–Crippen MR) is 68.3 cm³/mol. The van der Waals surface area contributed by atoms with Gasteiger partial charge in [-0.25, -0.2) is 0 Å². The molecule has 2 heteroatoms. The van der Waals surface area contributed by atoms with E-state index >= 15 is 0 Å². The molecule has 1 aliphatic rings. The Labute approximate surface area is 98.0 Å². The van der Waals surface area contributed by atoms with Crippen LogP contribution in [0.2, 0.25) is 0 Å². The smallest absolute Gasteiger partial charge is 0.0419 e. The lowest BCUT2D eigenvalue weighted by atomic mass is 9.84. The third kappa shape index (κ3) is 2.63. The van der Waals surface area contributed by atoms with E-state index in [4.69, 9.17) is 11.5 Å². The Kier molecular flexibility index (Phi) is 3.97. The molecule has 0 bridgehead atoms. The summed E-state index contributed by atoms with van der Waals surface area (Å²) < 4.78 is 0. The number of nitrogens with two attached hydrogens (primary N) is 2. The van der Waals surface area contributed by atoms with E-state index in [1.165, 1.54) is 37.7 Å². The van der Waals surface area contributed by atoms with Gasteiger partial charge in [0.1, 0.15) is 0 Å². The normalized spacial score (nSPS) is 19.6. The van der Waals surface area contributed by atoms with Crippen LogP contribution in [0.15, 0.2) is 24.3 Å². The van der Waals surface area contributed by atoms with Crippen LogP contribution in [0.1, 0.15) is 55.2 Å². The molecule has 2 nitrogen and oxygen atoms in total. The van der Waals surface area contributed by atoms with Crippen molar-refractivity contribution in [1.82, 2.24) is 0 Å². The Hall–Kier alpha value is -0.860. The van der Waals surface area contributed by atoms with E-state index in [-0.39, 0.29) is 6.04 Å². The highest BCUT2D eigenvalue weighted by Crippen LogP contribution is 2.32. The van der Waals surface area contributed by atoms with E-state index in [0.717, 1.165) is 11.5 Å². The average Bonchev–Trinajstić information content (AvgIpc) is 2.39. The van der Waals surface area contributed by atoms with Gasteiger partial charge >= 0.3 is 0 Å². The summed E-state index contributed by atoms with van der Waals surface area (Å²) in [6.07, 6.45) is 6.88. The van der Waals surface area contributed by atoms with Crippen molar-refractivity contribution in [2.24, 2.45) is 11.5 Å². The molecule has 2 rings (SSSR count). The molecule has 1 saturated carbocycles. The van der Waals surface area contributed by atoms with Gasteiger partial charge in [-0.3, -0.25) is 0 Å². The van der Waals surface area contributed by atoms with E-state index in [2.05, 4.69) is 24.3 Å². The molecular formula is C14H22N2. The van der Waals surface area contributed by atoms with E-state index in [1.54, 1.807) is 0 Å². The number of rotatable bonds is 3. The Morgan fingerprint density at radius 2 is 1.69 bits per heavy atom. The van der Waals surface area contributed by atoms with Crippen LogP contribution >= 0.6 is 0 Å². The minimum atomic E-state index is -0.0135. The van der Waals surface area contributed by atoms with Crippen molar-refractivity contribution in [1.29, 1.82) is 0 Å². The topological polar surface area (TPSA) is 52.0 Å². The number of benzene rings is 1. The fourth-order valence-corrected chi connectivity index (χ4v) is 2.59. The molecule has 1 atom stereocenters. The molecule has 88 valence electrons.